The van der Waals surface area contributed by atoms with Gasteiger partial charge in [0, 0.05) is 30.7 Å². The summed E-state index contributed by atoms with van der Waals surface area (Å²) in [4.78, 5) is 16.7. The van der Waals surface area contributed by atoms with Crippen LogP contribution >= 0.6 is 11.8 Å². The number of hydrogen-bond acceptors (Lipinski definition) is 4. The third kappa shape index (κ3) is 4.57. The van der Waals surface area contributed by atoms with Crippen LogP contribution in [0.5, 0.6) is 0 Å². The SMILES string of the molecule is Cc1ccccc1-n1ccnc1SCC(=O)NCc1cnn(-c2ccccc2)c1. The van der Waals surface area contributed by atoms with Gasteiger partial charge in [-0.2, -0.15) is 5.10 Å². The van der Waals surface area contributed by atoms with Crippen molar-refractivity contribution in [2.45, 2.75) is 18.6 Å². The van der Waals surface area contributed by atoms with Gasteiger partial charge < -0.3 is 5.32 Å². The standard InChI is InChI=1S/C22H21N5OS/c1-17-7-5-6-10-20(17)26-12-11-23-22(26)29-16-21(28)24-13-18-14-25-27(15-18)19-8-3-2-4-9-19/h2-12,14-15H,13,16H2,1H3,(H,24,28). The van der Waals surface area contributed by atoms with E-state index in [-0.39, 0.29) is 5.91 Å². The van der Waals surface area contributed by atoms with Crippen LogP contribution in [0.25, 0.3) is 11.4 Å². The fraction of sp³-hybridized carbons (Fsp3) is 0.136. The summed E-state index contributed by atoms with van der Waals surface area (Å²) < 4.78 is 3.81. The quantitative estimate of drug-likeness (QED) is 0.477. The van der Waals surface area contributed by atoms with Crippen molar-refractivity contribution < 1.29 is 4.79 Å². The summed E-state index contributed by atoms with van der Waals surface area (Å²) in [7, 11) is 0. The summed E-state index contributed by atoms with van der Waals surface area (Å²) in [5.41, 5.74) is 4.17. The second kappa shape index (κ2) is 8.79. The van der Waals surface area contributed by atoms with Crippen molar-refractivity contribution in [3.63, 3.8) is 0 Å². The fourth-order valence-corrected chi connectivity index (χ4v) is 3.76. The Morgan fingerprint density at radius 1 is 1.10 bits per heavy atom. The number of amides is 1. The average molecular weight is 404 g/mol. The number of nitrogens with zero attached hydrogens (tertiary/aromatic N) is 4. The number of imidazole rings is 1. The molecule has 6 nitrogen and oxygen atoms in total. The van der Waals surface area contributed by atoms with Crippen molar-refractivity contribution >= 4 is 17.7 Å². The van der Waals surface area contributed by atoms with Crippen LogP contribution in [0.15, 0.2) is 84.5 Å². The number of benzene rings is 2. The Morgan fingerprint density at radius 2 is 1.90 bits per heavy atom. The first kappa shape index (κ1) is 19.0. The van der Waals surface area contributed by atoms with Gasteiger partial charge in [0.05, 0.1) is 23.3 Å². The lowest BCUT2D eigenvalue weighted by Gasteiger charge is -2.10. The molecule has 4 aromatic rings. The molecule has 0 aliphatic carbocycles. The van der Waals surface area contributed by atoms with Gasteiger partial charge >= 0.3 is 0 Å². The second-order valence-electron chi connectivity index (χ2n) is 6.56. The van der Waals surface area contributed by atoms with Gasteiger partial charge in [-0.25, -0.2) is 9.67 Å². The van der Waals surface area contributed by atoms with Gasteiger partial charge in [-0.1, -0.05) is 48.2 Å². The molecule has 146 valence electrons. The van der Waals surface area contributed by atoms with Gasteiger partial charge in [0.1, 0.15) is 0 Å². The number of carbonyl (C=O) groups excluding carboxylic acids is 1. The maximum Gasteiger partial charge on any atom is 0.230 e. The molecule has 29 heavy (non-hydrogen) atoms. The minimum atomic E-state index is -0.0400. The van der Waals surface area contributed by atoms with Gasteiger partial charge in [-0.15, -0.1) is 0 Å². The van der Waals surface area contributed by atoms with E-state index in [2.05, 4.69) is 28.4 Å². The topological polar surface area (TPSA) is 64.7 Å². The lowest BCUT2D eigenvalue weighted by molar-refractivity contribution is -0.118. The van der Waals surface area contributed by atoms with Gasteiger partial charge in [0.25, 0.3) is 0 Å². The minimum Gasteiger partial charge on any atom is -0.351 e. The van der Waals surface area contributed by atoms with Crippen molar-refractivity contribution in [3.05, 3.63) is 90.5 Å². The summed E-state index contributed by atoms with van der Waals surface area (Å²) in [5.74, 6) is 0.261. The maximum absolute atomic E-state index is 12.3. The van der Waals surface area contributed by atoms with Crippen LogP contribution in [0, 0.1) is 6.92 Å². The highest BCUT2D eigenvalue weighted by atomic mass is 32.2. The van der Waals surface area contributed by atoms with Crippen LogP contribution < -0.4 is 5.32 Å². The minimum absolute atomic E-state index is 0.0400. The number of rotatable bonds is 7. The Morgan fingerprint density at radius 3 is 2.72 bits per heavy atom. The van der Waals surface area contributed by atoms with Crippen molar-refractivity contribution in [1.29, 1.82) is 0 Å². The van der Waals surface area contributed by atoms with Crippen LogP contribution in [0.3, 0.4) is 0 Å². The zero-order valence-corrected chi connectivity index (χ0v) is 16.8. The van der Waals surface area contributed by atoms with E-state index in [1.807, 2.05) is 65.5 Å². The molecular weight excluding hydrogens is 382 g/mol. The number of hydrogen-bond donors (Lipinski definition) is 1. The van der Waals surface area contributed by atoms with E-state index >= 15 is 0 Å². The molecule has 0 saturated heterocycles. The normalized spacial score (nSPS) is 10.8. The van der Waals surface area contributed by atoms with Crippen LogP contribution in [0.2, 0.25) is 0 Å². The van der Waals surface area contributed by atoms with Gasteiger partial charge in [0.15, 0.2) is 5.16 Å². The summed E-state index contributed by atoms with van der Waals surface area (Å²) in [6.07, 6.45) is 7.37. The molecule has 0 radical (unpaired) electrons. The molecule has 0 unspecified atom stereocenters. The summed E-state index contributed by atoms with van der Waals surface area (Å²) >= 11 is 1.42. The molecule has 0 saturated carbocycles. The summed E-state index contributed by atoms with van der Waals surface area (Å²) in [6, 6.07) is 18.0. The summed E-state index contributed by atoms with van der Waals surface area (Å²) in [6.45, 7) is 2.50. The van der Waals surface area contributed by atoms with Crippen LogP contribution in [0.4, 0.5) is 0 Å². The van der Waals surface area contributed by atoms with E-state index in [4.69, 9.17) is 0 Å². The highest BCUT2D eigenvalue weighted by molar-refractivity contribution is 7.99. The van der Waals surface area contributed by atoms with Crippen molar-refractivity contribution in [3.8, 4) is 11.4 Å². The van der Waals surface area contributed by atoms with E-state index in [1.165, 1.54) is 11.8 Å². The highest BCUT2D eigenvalue weighted by Crippen LogP contribution is 2.22. The smallest absolute Gasteiger partial charge is 0.230 e. The van der Waals surface area contributed by atoms with Gasteiger partial charge in [0.2, 0.25) is 5.91 Å². The first-order valence-corrected chi connectivity index (χ1v) is 10.3. The van der Waals surface area contributed by atoms with E-state index in [0.29, 0.717) is 12.3 Å². The molecule has 2 aromatic carbocycles. The largest absolute Gasteiger partial charge is 0.351 e. The number of carbonyl (C=O) groups is 1. The Hall–Kier alpha value is -3.32. The molecular formula is C22H21N5OS. The van der Waals surface area contributed by atoms with E-state index in [9.17, 15) is 4.79 Å². The number of nitrogens with one attached hydrogen (secondary N) is 1. The lowest BCUT2D eigenvalue weighted by atomic mass is 10.2. The molecule has 2 aromatic heterocycles. The van der Waals surface area contributed by atoms with Crippen molar-refractivity contribution in [2.24, 2.45) is 0 Å². The van der Waals surface area contributed by atoms with E-state index in [0.717, 1.165) is 27.7 Å². The molecule has 0 spiro atoms. The Bertz CT molecular complexity index is 1100. The molecule has 0 bridgehead atoms. The molecule has 0 fully saturated rings. The molecule has 1 N–H and O–H groups in total. The molecule has 4 rings (SSSR count). The van der Waals surface area contributed by atoms with Crippen molar-refractivity contribution in [2.75, 3.05) is 5.75 Å². The fourth-order valence-electron chi connectivity index (χ4n) is 2.97. The summed E-state index contributed by atoms with van der Waals surface area (Å²) in [5, 5.41) is 8.10. The third-order valence-electron chi connectivity index (χ3n) is 4.46. The molecule has 0 aliphatic rings. The van der Waals surface area contributed by atoms with Crippen LogP contribution in [-0.4, -0.2) is 31.0 Å². The molecule has 1 amide bonds. The number of thioether (sulfide) groups is 1. The molecule has 0 atom stereocenters. The van der Waals surface area contributed by atoms with Crippen molar-refractivity contribution in [1.82, 2.24) is 24.6 Å². The first-order valence-electron chi connectivity index (χ1n) is 9.28. The Labute approximate surface area is 173 Å². The van der Waals surface area contributed by atoms with E-state index in [1.54, 1.807) is 17.1 Å². The Balaban J connectivity index is 1.32. The first-order chi connectivity index (χ1) is 14.2. The van der Waals surface area contributed by atoms with Gasteiger partial charge in [-0.3, -0.25) is 9.36 Å². The second-order valence-corrected chi connectivity index (χ2v) is 7.50. The zero-order chi connectivity index (χ0) is 20.1. The number of aromatic nitrogens is 4. The average Bonchev–Trinajstić information content (AvgIpc) is 3.41. The van der Waals surface area contributed by atoms with Crippen LogP contribution in [0.1, 0.15) is 11.1 Å². The Kier molecular flexibility index (Phi) is 5.76. The molecule has 7 heteroatoms. The monoisotopic (exact) mass is 403 g/mol. The van der Waals surface area contributed by atoms with E-state index < -0.39 is 0 Å². The predicted octanol–water partition coefficient (Wildman–Crippen LogP) is 3.77. The zero-order valence-electron chi connectivity index (χ0n) is 16.0. The maximum atomic E-state index is 12.3. The number of aryl methyl sites for hydroxylation is 1. The van der Waals surface area contributed by atoms with Gasteiger partial charge in [-0.05, 0) is 30.7 Å². The molecule has 0 aliphatic heterocycles. The third-order valence-corrected chi connectivity index (χ3v) is 5.43. The number of para-hydroxylation sites is 2. The van der Waals surface area contributed by atoms with Crippen LogP contribution in [-0.2, 0) is 11.3 Å². The highest BCUT2D eigenvalue weighted by Gasteiger charge is 2.11. The molecule has 2 heterocycles. The lowest BCUT2D eigenvalue weighted by Crippen LogP contribution is -2.24. The predicted molar refractivity (Wildman–Crippen MR) is 114 cm³/mol.